The van der Waals surface area contributed by atoms with Crippen LogP contribution >= 0.6 is 0 Å². The van der Waals surface area contributed by atoms with Crippen LogP contribution in [0.4, 0.5) is 11.6 Å². The molecule has 0 saturated heterocycles. The number of pyridine rings is 2. The van der Waals surface area contributed by atoms with Crippen LogP contribution in [0, 0.1) is 5.92 Å². The predicted octanol–water partition coefficient (Wildman–Crippen LogP) is 5.03. The van der Waals surface area contributed by atoms with Gasteiger partial charge in [-0.25, -0.2) is 10.4 Å². The average molecular weight is 415 g/mol. The number of aromatic nitrogens is 3. The lowest BCUT2D eigenvalue weighted by Gasteiger charge is -2.26. The molecule has 2 bridgehead atoms. The van der Waals surface area contributed by atoms with Crippen molar-refractivity contribution < 1.29 is 0 Å². The highest BCUT2D eigenvalue weighted by molar-refractivity contribution is 5.81. The van der Waals surface area contributed by atoms with E-state index >= 15 is 0 Å². The first-order valence-electron chi connectivity index (χ1n) is 11.7. The van der Waals surface area contributed by atoms with Crippen molar-refractivity contribution in [1.82, 2.24) is 25.0 Å². The number of hydrogen-bond donors (Lipinski definition) is 2. The maximum atomic E-state index is 4.86. The Kier molecular flexibility index (Phi) is 4.68. The van der Waals surface area contributed by atoms with Crippen molar-refractivity contribution in [2.75, 3.05) is 18.4 Å². The zero-order chi connectivity index (χ0) is 20.8. The van der Waals surface area contributed by atoms with Gasteiger partial charge in [0.25, 0.3) is 0 Å². The molecule has 1 aliphatic carbocycles. The van der Waals surface area contributed by atoms with Crippen LogP contribution in [0.2, 0.25) is 0 Å². The highest BCUT2D eigenvalue weighted by Crippen LogP contribution is 2.33. The smallest absolute Gasteiger partial charge is 0.132 e. The Bertz CT molecular complexity index is 1140. The van der Waals surface area contributed by atoms with E-state index in [1.54, 1.807) is 0 Å². The van der Waals surface area contributed by atoms with E-state index in [1.165, 1.54) is 43.2 Å². The van der Waals surface area contributed by atoms with E-state index in [1.807, 2.05) is 18.3 Å². The summed E-state index contributed by atoms with van der Waals surface area (Å²) in [6.07, 6.45) is 13.4. The first kappa shape index (κ1) is 18.9. The summed E-state index contributed by atoms with van der Waals surface area (Å²) in [5.41, 5.74) is 9.22. The number of nitrogens with zero attached hydrogens (tertiary/aromatic N) is 4. The van der Waals surface area contributed by atoms with Gasteiger partial charge in [-0.2, -0.15) is 0 Å². The molecular weight excluding hydrogens is 384 g/mol. The molecule has 1 unspecified atom stereocenters. The highest BCUT2D eigenvalue weighted by Gasteiger charge is 2.21. The van der Waals surface area contributed by atoms with E-state index in [0.717, 1.165) is 53.8 Å². The minimum atomic E-state index is 0.618. The first-order valence-corrected chi connectivity index (χ1v) is 11.7. The monoisotopic (exact) mass is 414 g/mol. The summed E-state index contributed by atoms with van der Waals surface area (Å²) in [6.45, 7) is 5.28. The molecule has 6 nitrogen and oxygen atoms in total. The van der Waals surface area contributed by atoms with Crippen molar-refractivity contribution in [3.63, 3.8) is 0 Å². The van der Waals surface area contributed by atoms with Crippen molar-refractivity contribution in [3.8, 4) is 0 Å². The maximum absolute atomic E-state index is 4.86. The molecule has 0 amide bonds. The number of nitrogens with one attached hydrogen (secondary N) is 2. The third-order valence-electron chi connectivity index (χ3n) is 7.09. The number of fused-ring (bicyclic) bond motifs is 3. The molecule has 1 atom stereocenters. The molecule has 3 aliphatic rings. The van der Waals surface area contributed by atoms with Gasteiger partial charge in [-0.1, -0.05) is 26.2 Å². The second kappa shape index (κ2) is 7.68. The van der Waals surface area contributed by atoms with Gasteiger partial charge in [0.05, 0.1) is 11.0 Å². The molecule has 160 valence electrons. The number of hydrazine groups is 1. The average Bonchev–Trinajstić information content (AvgIpc) is 3.50. The van der Waals surface area contributed by atoms with E-state index in [4.69, 9.17) is 4.98 Å². The largest absolute Gasteiger partial charge is 0.334 e. The molecule has 6 heteroatoms. The summed E-state index contributed by atoms with van der Waals surface area (Å²) >= 11 is 0. The summed E-state index contributed by atoms with van der Waals surface area (Å²) in [5.74, 6) is 3.42. The van der Waals surface area contributed by atoms with Gasteiger partial charge >= 0.3 is 0 Å². The lowest BCUT2D eigenvalue weighted by molar-refractivity contribution is 0.219. The summed E-state index contributed by atoms with van der Waals surface area (Å²) in [7, 11) is 0. The summed E-state index contributed by atoms with van der Waals surface area (Å²) in [6, 6.07) is 8.46. The fraction of sp³-hybridized carbons (Fsp3) is 0.440. The Hall–Kier alpha value is -2.86. The molecule has 6 rings (SSSR count). The lowest BCUT2D eigenvalue weighted by atomic mass is 9.89. The van der Waals surface area contributed by atoms with E-state index in [2.05, 4.69) is 56.8 Å². The van der Waals surface area contributed by atoms with E-state index in [9.17, 15) is 0 Å². The van der Waals surface area contributed by atoms with Crippen molar-refractivity contribution in [2.45, 2.75) is 51.5 Å². The van der Waals surface area contributed by atoms with Gasteiger partial charge in [-0.15, -0.1) is 0 Å². The summed E-state index contributed by atoms with van der Waals surface area (Å²) in [4.78, 5) is 9.54. The number of anilines is 2. The topological polar surface area (TPSA) is 58.0 Å². The molecule has 0 aromatic carbocycles. The van der Waals surface area contributed by atoms with Crippen molar-refractivity contribution >= 4 is 28.2 Å². The van der Waals surface area contributed by atoms with Gasteiger partial charge in [0, 0.05) is 49.7 Å². The Morgan fingerprint density at radius 2 is 2.03 bits per heavy atom. The molecule has 1 fully saturated rings. The zero-order valence-corrected chi connectivity index (χ0v) is 18.1. The van der Waals surface area contributed by atoms with Crippen LogP contribution in [0.5, 0.6) is 0 Å². The van der Waals surface area contributed by atoms with Gasteiger partial charge in [-0.05, 0) is 54.2 Å². The SMILES string of the molecule is CC1Cn2cc1cc2Nc1ccc2ncc(C3=CN(CC4CCCCC4)NC3)cc2n1. The van der Waals surface area contributed by atoms with Crippen LogP contribution in [0.25, 0.3) is 16.6 Å². The van der Waals surface area contributed by atoms with Crippen LogP contribution < -0.4 is 10.7 Å². The summed E-state index contributed by atoms with van der Waals surface area (Å²) in [5, 5.41) is 5.77. The van der Waals surface area contributed by atoms with E-state index < -0.39 is 0 Å². The van der Waals surface area contributed by atoms with Crippen molar-refractivity contribution in [1.29, 1.82) is 0 Å². The molecule has 2 N–H and O–H groups in total. The Morgan fingerprint density at radius 1 is 1.13 bits per heavy atom. The van der Waals surface area contributed by atoms with Crippen LogP contribution in [-0.4, -0.2) is 32.6 Å². The third-order valence-corrected chi connectivity index (χ3v) is 7.09. The normalized spacial score (nSPS) is 21.1. The molecule has 0 radical (unpaired) electrons. The van der Waals surface area contributed by atoms with Gasteiger partial charge < -0.3 is 14.9 Å². The standard InChI is InChI=1S/C25H30N6/c1-17-13-30-15-20(17)10-25(30)29-24-8-7-22-23(28-24)9-19(11-26-22)21-12-27-31(16-21)14-18-5-3-2-4-6-18/h7-11,15-18,27H,2-6,12-14H2,1H3,(H,28,29). The first-order chi connectivity index (χ1) is 15.2. The number of rotatable bonds is 5. The molecule has 2 aliphatic heterocycles. The molecular formula is C25H30N6. The quantitative estimate of drug-likeness (QED) is 0.613. The van der Waals surface area contributed by atoms with Crippen molar-refractivity contribution in [3.05, 3.63) is 54.0 Å². The molecule has 3 aromatic heterocycles. The van der Waals surface area contributed by atoms with Crippen LogP contribution in [0.15, 0.2) is 42.9 Å². The maximum Gasteiger partial charge on any atom is 0.132 e. The highest BCUT2D eigenvalue weighted by atomic mass is 15.5. The molecule has 31 heavy (non-hydrogen) atoms. The fourth-order valence-corrected chi connectivity index (χ4v) is 5.25. The molecule has 5 heterocycles. The zero-order valence-electron chi connectivity index (χ0n) is 18.1. The minimum absolute atomic E-state index is 0.618. The van der Waals surface area contributed by atoms with E-state index in [0.29, 0.717) is 5.92 Å². The van der Waals surface area contributed by atoms with Gasteiger partial charge in [0.2, 0.25) is 0 Å². The Morgan fingerprint density at radius 3 is 2.84 bits per heavy atom. The minimum Gasteiger partial charge on any atom is -0.334 e. The van der Waals surface area contributed by atoms with Gasteiger partial charge in [0.15, 0.2) is 0 Å². The second-order valence-corrected chi connectivity index (χ2v) is 9.44. The van der Waals surface area contributed by atoms with Crippen LogP contribution in [0.3, 0.4) is 0 Å². The molecule has 1 saturated carbocycles. The lowest BCUT2D eigenvalue weighted by Crippen LogP contribution is -2.34. The van der Waals surface area contributed by atoms with Gasteiger partial charge in [-0.3, -0.25) is 4.98 Å². The van der Waals surface area contributed by atoms with Crippen LogP contribution in [0.1, 0.15) is 56.1 Å². The predicted molar refractivity (Wildman–Crippen MR) is 125 cm³/mol. The Labute approximate surface area is 183 Å². The number of hydrogen-bond acceptors (Lipinski definition) is 5. The molecule has 0 spiro atoms. The fourth-order valence-electron chi connectivity index (χ4n) is 5.25. The summed E-state index contributed by atoms with van der Waals surface area (Å²) < 4.78 is 2.27. The van der Waals surface area contributed by atoms with E-state index in [-0.39, 0.29) is 0 Å². The Balaban J connectivity index is 1.21. The van der Waals surface area contributed by atoms with Gasteiger partial charge in [0.1, 0.15) is 11.6 Å². The van der Waals surface area contributed by atoms with Crippen LogP contribution in [-0.2, 0) is 6.54 Å². The van der Waals surface area contributed by atoms with Crippen molar-refractivity contribution in [2.24, 2.45) is 5.92 Å². The second-order valence-electron chi connectivity index (χ2n) is 9.44. The molecule has 3 aromatic rings. The third kappa shape index (κ3) is 3.69.